The highest BCUT2D eigenvalue weighted by Crippen LogP contribution is 2.29. The Morgan fingerprint density at radius 3 is 2.76 bits per heavy atom. The van der Waals surface area contributed by atoms with E-state index in [1.54, 1.807) is 12.4 Å². The quantitative estimate of drug-likeness (QED) is 0.427. The fraction of sp³-hybridized carbons (Fsp3) is 0.185. The van der Waals surface area contributed by atoms with Crippen molar-refractivity contribution in [3.8, 4) is 11.4 Å². The minimum absolute atomic E-state index is 0.0659. The summed E-state index contributed by atoms with van der Waals surface area (Å²) in [6.07, 6.45) is 4.18. The number of rotatable bonds is 3. The second-order valence-corrected chi connectivity index (χ2v) is 8.67. The van der Waals surface area contributed by atoms with Crippen LogP contribution in [0.3, 0.4) is 0 Å². The van der Waals surface area contributed by atoms with E-state index in [1.165, 1.54) is 21.9 Å². The molecule has 3 aromatic heterocycles. The Hall–Kier alpha value is -3.90. The van der Waals surface area contributed by atoms with Crippen molar-refractivity contribution in [2.75, 3.05) is 6.54 Å². The third-order valence-electron chi connectivity index (χ3n) is 6.41. The van der Waals surface area contributed by atoms with E-state index in [9.17, 15) is 4.79 Å². The molecule has 6 heteroatoms. The molecule has 0 atom stereocenters. The molecule has 162 valence electrons. The van der Waals surface area contributed by atoms with Gasteiger partial charge in [-0.2, -0.15) is 0 Å². The normalized spacial score (nSPS) is 14.0. The summed E-state index contributed by atoms with van der Waals surface area (Å²) < 4.78 is 0. The maximum Gasteiger partial charge on any atom is 0.255 e. The van der Waals surface area contributed by atoms with Gasteiger partial charge in [-0.05, 0) is 42.8 Å². The first-order chi connectivity index (χ1) is 16.2. The lowest BCUT2D eigenvalue weighted by Gasteiger charge is -2.28. The Morgan fingerprint density at radius 2 is 1.88 bits per heavy atom. The lowest BCUT2D eigenvalue weighted by molar-refractivity contribution is 0.243. The lowest BCUT2D eigenvalue weighted by atomic mass is 9.99. The molecule has 0 fully saturated rings. The number of hydrogen-bond donors (Lipinski definition) is 1. The minimum atomic E-state index is -0.0659. The first-order valence-electron chi connectivity index (χ1n) is 11.2. The standard InChI is InChI=1S/C27H23N5O/c1-17-8-9-24-20(13-17)21(19-6-2-3-7-23(19)29-24)15-32-12-10-25-22(16-32)27(33)31-26(30-25)18-5-4-11-28-14-18/h2-9,11,13-14H,10,12,15-16H2,1H3,(H,30,31,33). The van der Waals surface area contributed by atoms with Crippen molar-refractivity contribution in [3.05, 3.63) is 99.7 Å². The molecule has 0 saturated carbocycles. The van der Waals surface area contributed by atoms with Crippen LogP contribution in [-0.4, -0.2) is 31.4 Å². The van der Waals surface area contributed by atoms with E-state index < -0.39 is 0 Å². The molecule has 0 bridgehead atoms. The number of aromatic amines is 1. The van der Waals surface area contributed by atoms with E-state index >= 15 is 0 Å². The van der Waals surface area contributed by atoms with Gasteiger partial charge in [-0.1, -0.05) is 29.8 Å². The number of pyridine rings is 2. The Morgan fingerprint density at radius 1 is 1.00 bits per heavy atom. The van der Waals surface area contributed by atoms with Gasteiger partial charge in [-0.15, -0.1) is 0 Å². The second-order valence-electron chi connectivity index (χ2n) is 8.67. The fourth-order valence-corrected chi connectivity index (χ4v) is 4.74. The molecule has 0 radical (unpaired) electrons. The molecule has 2 aromatic carbocycles. The zero-order chi connectivity index (χ0) is 22.4. The summed E-state index contributed by atoms with van der Waals surface area (Å²) in [6, 6.07) is 18.5. The van der Waals surface area contributed by atoms with E-state index in [0.717, 1.165) is 47.4 Å². The van der Waals surface area contributed by atoms with Gasteiger partial charge in [0.15, 0.2) is 0 Å². The van der Waals surface area contributed by atoms with Gasteiger partial charge >= 0.3 is 0 Å². The van der Waals surface area contributed by atoms with Crippen LogP contribution in [-0.2, 0) is 19.5 Å². The molecule has 0 spiro atoms. The van der Waals surface area contributed by atoms with Crippen LogP contribution in [0.15, 0.2) is 71.8 Å². The number of H-pyrrole nitrogens is 1. The Bertz CT molecular complexity index is 1560. The van der Waals surface area contributed by atoms with Crippen molar-refractivity contribution >= 4 is 21.8 Å². The summed E-state index contributed by atoms with van der Waals surface area (Å²) in [4.78, 5) is 32.1. The van der Waals surface area contributed by atoms with Gasteiger partial charge in [-0.25, -0.2) is 9.97 Å². The SMILES string of the molecule is Cc1ccc2nc3ccccc3c(CN3CCc4nc(-c5cccnc5)[nH]c(=O)c4C3)c2c1. The number of para-hydroxylation sites is 1. The van der Waals surface area contributed by atoms with Crippen molar-refractivity contribution in [1.82, 2.24) is 24.8 Å². The molecule has 33 heavy (non-hydrogen) atoms. The third-order valence-corrected chi connectivity index (χ3v) is 6.41. The van der Waals surface area contributed by atoms with Crippen LogP contribution >= 0.6 is 0 Å². The molecule has 0 saturated heterocycles. The van der Waals surface area contributed by atoms with Crippen LogP contribution in [0.1, 0.15) is 22.4 Å². The van der Waals surface area contributed by atoms with Gasteiger partial charge < -0.3 is 4.98 Å². The average Bonchev–Trinajstić information content (AvgIpc) is 2.85. The molecule has 4 heterocycles. The zero-order valence-electron chi connectivity index (χ0n) is 18.4. The largest absolute Gasteiger partial charge is 0.306 e. The van der Waals surface area contributed by atoms with Crippen molar-refractivity contribution in [2.45, 2.75) is 26.4 Å². The van der Waals surface area contributed by atoms with Crippen molar-refractivity contribution in [1.29, 1.82) is 0 Å². The maximum atomic E-state index is 13.0. The summed E-state index contributed by atoms with van der Waals surface area (Å²) in [5, 5.41) is 2.35. The predicted molar refractivity (Wildman–Crippen MR) is 130 cm³/mol. The lowest BCUT2D eigenvalue weighted by Crippen LogP contribution is -2.35. The van der Waals surface area contributed by atoms with Gasteiger partial charge in [0.2, 0.25) is 0 Å². The number of hydrogen-bond acceptors (Lipinski definition) is 5. The third kappa shape index (κ3) is 3.58. The highest BCUT2D eigenvalue weighted by molar-refractivity contribution is 5.97. The van der Waals surface area contributed by atoms with E-state index in [1.807, 2.05) is 18.2 Å². The summed E-state index contributed by atoms with van der Waals surface area (Å²) in [5.74, 6) is 0.585. The Labute approximate surface area is 191 Å². The topological polar surface area (TPSA) is 74.8 Å². The van der Waals surface area contributed by atoms with E-state index in [4.69, 9.17) is 9.97 Å². The van der Waals surface area contributed by atoms with E-state index in [0.29, 0.717) is 12.4 Å². The molecule has 1 aliphatic rings. The molecule has 0 unspecified atom stereocenters. The highest BCUT2D eigenvalue weighted by Gasteiger charge is 2.23. The number of aryl methyl sites for hydroxylation is 1. The molecular formula is C27H23N5O. The van der Waals surface area contributed by atoms with Crippen LogP contribution in [0.2, 0.25) is 0 Å². The Balaban J connectivity index is 1.38. The maximum absolute atomic E-state index is 13.0. The molecule has 0 amide bonds. The fourth-order valence-electron chi connectivity index (χ4n) is 4.74. The van der Waals surface area contributed by atoms with Crippen LogP contribution in [0, 0.1) is 6.92 Å². The number of fused-ring (bicyclic) bond motifs is 3. The van der Waals surface area contributed by atoms with Crippen LogP contribution in [0.25, 0.3) is 33.2 Å². The summed E-state index contributed by atoms with van der Waals surface area (Å²) >= 11 is 0. The van der Waals surface area contributed by atoms with Crippen LogP contribution < -0.4 is 5.56 Å². The average molecular weight is 434 g/mol. The Kier molecular flexibility index (Phi) is 4.73. The van der Waals surface area contributed by atoms with Crippen molar-refractivity contribution in [3.63, 3.8) is 0 Å². The predicted octanol–water partition coefficient (Wildman–Crippen LogP) is 4.40. The summed E-state index contributed by atoms with van der Waals surface area (Å²) in [7, 11) is 0. The molecule has 6 rings (SSSR count). The van der Waals surface area contributed by atoms with Crippen molar-refractivity contribution in [2.24, 2.45) is 0 Å². The summed E-state index contributed by atoms with van der Waals surface area (Å²) in [5.41, 5.74) is 6.89. The van der Waals surface area contributed by atoms with E-state index in [-0.39, 0.29) is 5.56 Å². The van der Waals surface area contributed by atoms with Gasteiger partial charge in [0, 0.05) is 54.8 Å². The number of nitrogens with zero attached hydrogens (tertiary/aromatic N) is 4. The first-order valence-corrected chi connectivity index (χ1v) is 11.2. The number of nitrogens with one attached hydrogen (secondary N) is 1. The van der Waals surface area contributed by atoms with Crippen LogP contribution in [0.5, 0.6) is 0 Å². The van der Waals surface area contributed by atoms with E-state index in [2.05, 4.69) is 58.2 Å². The molecule has 6 nitrogen and oxygen atoms in total. The van der Waals surface area contributed by atoms with Gasteiger partial charge in [0.05, 0.1) is 22.3 Å². The zero-order valence-corrected chi connectivity index (χ0v) is 18.4. The molecular weight excluding hydrogens is 410 g/mol. The molecule has 1 aliphatic heterocycles. The number of benzene rings is 2. The highest BCUT2D eigenvalue weighted by atomic mass is 16.1. The second kappa shape index (κ2) is 7.90. The van der Waals surface area contributed by atoms with Crippen LogP contribution in [0.4, 0.5) is 0 Å². The summed E-state index contributed by atoms with van der Waals surface area (Å²) in [6.45, 7) is 4.29. The smallest absolute Gasteiger partial charge is 0.255 e. The van der Waals surface area contributed by atoms with Gasteiger partial charge in [-0.3, -0.25) is 14.7 Å². The van der Waals surface area contributed by atoms with Gasteiger partial charge in [0.25, 0.3) is 5.56 Å². The monoisotopic (exact) mass is 433 g/mol. The first kappa shape index (κ1) is 19.8. The number of aromatic nitrogens is 4. The van der Waals surface area contributed by atoms with Crippen molar-refractivity contribution < 1.29 is 0 Å². The molecule has 5 aromatic rings. The molecule has 0 aliphatic carbocycles. The molecule has 1 N–H and O–H groups in total. The minimum Gasteiger partial charge on any atom is -0.306 e. The van der Waals surface area contributed by atoms with Gasteiger partial charge in [0.1, 0.15) is 5.82 Å².